The minimum absolute atomic E-state index is 0.0348. The molecule has 0 radical (unpaired) electrons. The van der Waals surface area contributed by atoms with Crippen molar-refractivity contribution in [2.75, 3.05) is 32.2 Å². The van der Waals surface area contributed by atoms with E-state index in [4.69, 9.17) is 9.47 Å². The van der Waals surface area contributed by atoms with Gasteiger partial charge in [-0.2, -0.15) is 0 Å². The highest BCUT2D eigenvalue weighted by atomic mass is 16.5. The zero-order valence-corrected chi connectivity index (χ0v) is 15.6. The van der Waals surface area contributed by atoms with Crippen LogP contribution in [-0.2, 0) is 9.59 Å². The lowest BCUT2D eigenvalue weighted by Gasteiger charge is -2.29. The fourth-order valence-electron chi connectivity index (χ4n) is 3.71. The van der Waals surface area contributed by atoms with Gasteiger partial charge in [0.05, 0.1) is 25.8 Å². The molecule has 1 aromatic rings. The second-order valence-corrected chi connectivity index (χ2v) is 7.03. The molecule has 0 saturated carbocycles. The van der Waals surface area contributed by atoms with Crippen LogP contribution in [0.5, 0.6) is 11.5 Å². The summed E-state index contributed by atoms with van der Waals surface area (Å²) >= 11 is 0. The summed E-state index contributed by atoms with van der Waals surface area (Å²) in [5.41, 5.74) is 0.670. The van der Waals surface area contributed by atoms with Gasteiger partial charge in [0.15, 0.2) is 0 Å². The average molecular weight is 361 g/mol. The second-order valence-electron chi connectivity index (χ2n) is 7.03. The first-order valence-electron chi connectivity index (χ1n) is 9.08. The van der Waals surface area contributed by atoms with Gasteiger partial charge in [-0.3, -0.25) is 9.59 Å². The topological polar surface area (TPSA) is 79.9 Å². The number of carbonyl (C=O) groups is 2. The normalized spacial score (nSPS) is 25.9. The van der Waals surface area contributed by atoms with E-state index in [0.717, 1.165) is 19.4 Å². The van der Waals surface area contributed by atoms with Crippen molar-refractivity contribution in [2.24, 2.45) is 5.92 Å². The number of amides is 2. The Morgan fingerprint density at radius 1 is 1.31 bits per heavy atom. The Bertz CT molecular complexity index is 679. The van der Waals surface area contributed by atoms with E-state index in [-0.39, 0.29) is 30.2 Å². The average Bonchev–Trinajstić information content (AvgIpc) is 3.03. The molecule has 7 heteroatoms. The fraction of sp³-hybridized carbons (Fsp3) is 0.579. The summed E-state index contributed by atoms with van der Waals surface area (Å²) in [6, 6.07) is 5.91. The highest BCUT2D eigenvalue weighted by Gasteiger charge is 2.37. The molecule has 2 fully saturated rings. The first kappa shape index (κ1) is 18.5. The summed E-state index contributed by atoms with van der Waals surface area (Å²) in [6.07, 6.45) is 2.07. The van der Waals surface area contributed by atoms with Gasteiger partial charge in [0.25, 0.3) is 0 Å². The van der Waals surface area contributed by atoms with Crippen LogP contribution in [0.15, 0.2) is 18.2 Å². The predicted octanol–water partition coefficient (Wildman–Crippen LogP) is 1.31. The first-order chi connectivity index (χ1) is 12.5. The summed E-state index contributed by atoms with van der Waals surface area (Å²) in [7, 11) is 3.14. The molecule has 7 nitrogen and oxygen atoms in total. The number of nitrogens with zero attached hydrogens (tertiary/aromatic N) is 1. The lowest BCUT2D eigenvalue weighted by Crippen LogP contribution is -2.48. The van der Waals surface area contributed by atoms with E-state index in [0.29, 0.717) is 29.8 Å². The number of hydrogen-bond acceptors (Lipinski definition) is 5. The Balaban J connectivity index is 1.67. The van der Waals surface area contributed by atoms with Crippen LogP contribution in [0, 0.1) is 5.92 Å². The summed E-state index contributed by atoms with van der Waals surface area (Å²) in [5.74, 6) is 0.789. The maximum atomic E-state index is 12.6. The lowest BCUT2D eigenvalue weighted by atomic mass is 9.99. The number of methoxy groups -OCH3 is 2. The van der Waals surface area contributed by atoms with Crippen molar-refractivity contribution in [3.8, 4) is 11.5 Å². The van der Waals surface area contributed by atoms with Crippen molar-refractivity contribution in [2.45, 2.75) is 38.3 Å². The van der Waals surface area contributed by atoms with E-state index in [1.807, 2.05) is 0 Å². The highest BCUT2D eigenvalue weighted by molar-refractivity contribution is 6.01. The lowest BCUT2D eigenvalue weighted by molar-refractivity contribution is -0.127. The Kier molecular flexibility index (Phi) is 5.66. The van der Waals surface area contributed by atoms with Crippen molar-refractivity contribution in [1.29, 1.82) is 0 Å². The van der Waals surface area contributed by atoms with Crippen LogP contribution in [0.4, 0.5) is 5.69 Å². The summed E-state index contributed by atoms with van der Waals surface area (Å²) in [4.78, 5) is 26.8. The van der Waals surface area contributed by atoms with Gasteiger partial charge in [-0.25, -0.2) is 0 Å². The van der Waals surface area contributed by atoms with Crippen molar-refractivity contribution in [3.05, 3.63) is 18.2 Å². The fourth-order valence-corrected chi connectivity index (χ4v) is 3.71. The van der Waals surface area contributed by atoms with E-state index >= 15 is 0 Å². The molecule has 2 amide bonds. The number of rotatable bonds is 5. The van der Waals surface area contributed by atoms with Crippen LogP contribution in [0.3, 0.4) is 0 Å². The van der Waals surface area contributed by atoms with Gasteiger partial charge >= 0.3 is 0 Å². The van der Waals surface area contributed by atoms with Gasteiger partial charge in [0.2, 0.25) is 11.8 Å². The highest BCUT2D eigenvalue weighted by Crippen LogP contribution is 2.35. The smallest absolute Gasteiger partial charge is 0.227 e. The predicted molar refractivity (Wildman–Crippen MR) is 98.6 cm³/mol. The molecule has 2 N–H and O–H groups in total. The molecule has 0 aromatic heterocycles. The number of nitrogens with one attached hydrogen (secondary N) is 2. The van der Waals surface area contributed by atoms with Gasteiger partial charge in [0.1, 0.15) is 11.5 Å². The summed E-state index contributed by atoms with van der Waals surface area (Å²) < 4.78 is 10.6. The molecular formula is C19H27N3O4. The number of benzene rings is 1. The molecule has 0 spiro atoms. The maximum absolute atomic E-state index is 12.6. The Hall–Kier alpha value is -2.28. The maximum Gasteiger partial charge on any atom is 0.227 e. The third-order valence-electron chi connectivity index (χ3n) is 5.14. The molecule has 2 aliphatic heterocycles. The van der Waals surface area contributed by atoms with E-state index in [9.17, 15) is 9.59 Å². The van der Waals surface area contributed by atoms with Gasteiger partial charge in [-0.15, -0.1) is 0 Å². The van der Waals surface area contributed by atoms with Gasteiger partial charge in [-0.05, 0) is 38.4 Å². The molecule has 3 atom stereocenters. The largest absolute Gasteiger partial charge is 0.497 e. The number of anilines is 1. The third kappa shape index (κ3) is 3.93. The van der Waals surface area contributed by atoms with Gasteiger partial charge in [0, 0.05) is 31.1 Å². The number of hydrogen-bond donors (Lipinski definition) is 2. The van der Waals surface area contributed by atoms with Gasteiger partial charge < -0.3 is 25.0 Å². The SMILES string of the molecule is COc1ccc(N2CC(C(=O)NC3CCNC(C)C3)CC2=O)c(OC)c1. The molecule has 1 aromatic carbocycles. The number of piperidine rings is 1. The van der Waals surface area contributed by atoms with Crippen molar-refractivity contribution < 1.29 is 19.1 Å². The van der Waals surface area contributed by atoms with Crippen LogP contribution < -0.4 is 25.0 Å². The number of ether oxygens (including phenoxy) is 2. The van der Waals surface area contributed by atoms with E-state index in [1.165, 1.54) is 0 Å². The first-order valence-corrected chi connectivity index (χ1v) is 9.08. The molecule has 2 saturated heterocycles. The van der Waals surface area contributed by atoms with Crippen molar-refractivity contribution in [1.82, 2.24) is 10.6 Å². The number of carbonyl (C=O) groups excluding carboxylic acids is 2. The molecule has 3 unspecified atom stereocenters. The van der Waals surface area contributed by atoms with Crippen LogP contribution in [0.25, 0.3) is 0 Å². The monoisotopic (exact) mass is 361 g/mol. The van der Waals surface area contributed by atoms with Crippen LogP contribution in [0.2, 0.25) is 0 Å². The summed E-state index contributed by atoms with van der Waals surface area (Å²) in [5, 5.41) is 6.50. The molecule has 142 valence electrons. The van der Waals surface area contributed by atoms with Crippen molar-refractivity contribution in [3.63, 3.8) is 0 Å². The standard InChI is InChI=1S/C19H27N3O4/c1-12-8-14(6-7-20-12)21-19(24)13-9-18(23)22(11-13)16-5-4-15(25-2)10-17(16)26-3/h4-5,10,12-14,20H,6-9,11H2,1-3H3,(H,21,24). The zero-order chi connectivity index (χ0) is 18.7. The molecule has 0 bridgehead atoms. The van der Waals surface area contributed by atoms with E-state index in [2.05, 4.69) is 17.6 Å². The molecule has 26 heavy (non-hydrogen) atoms. The molecule has 2 aliphatic rings. The molecule has 2 heterocycles. The van der Waals surface area contributed by atoms with Crippen LogP contribution >= 0.6 is 0 Å². The molecule has 0 aliphatic carbocycles. The Morgan fingerprint density at radius 2 is 2.12 bits per heavy atom. The van der Waals surface area contributed by atoms with Crippen molar-refractivity contribution >= 4 is 17.5 Å². The minimum atomic E-state index is -0.334. The third-order valence-corrected chi connectivity index (χ3v) is 5.14. The zero-order valence-electron chi connectivity index (χ0n) is 15.6. The summed E-state index contributed by atoms with van der Waals surface area (Å²) in [6.45, 7) is 3.40. The molecular weight excluding hydrogens is 334 g/mol. The Labute approximate surface area is 154 Å². The van der Waals surface area contributed by atoms with Crippen LogP contribution in [-0.4, -0.2) is 51.2 Å². The van der Waals surface area contributed by atoms with E-state index < -0.39 is 0 Å². The molecule has 3 rings (SSSR count). The minimum Gasteiger partial charge on any atom is -0.497 e. The van der Waals surface area contributed by atoms with Gasteiger partial charge in [-0.1, -0.05) is 0 Å². The van der Waals surface area contributed by atoms with E-state index in [1.54, 1.807) is 37.3 Å². The quantitative estimate of drug-likeness (QED) is 0.827. The Morgan fingerprint density at radius 3 is 2.81 bits per heavy atom. The second kappa shape index (κ2) is 7.95. The van der Waals surface area contributed by atoms with Crippen LogP contribution in [0.1, 0.15) is 26.2 Å².